The van der Waals surface area contributed by atoms with Gasteiger partial charge in [0.25, 0.3) is 0 Å². The number of nitrogens with one attached hydrogen (secondary N) is 1. The van der Waals surface area contributed by atoms with Crippen molar-refractivity contribution in [1.29, 1.82) is 0 Å². The molecule has 1 N–H and O–H groups in total. The van der Waals surface area contributed by atoms with Crippen LogP contribution in [0, 0.1) is 0 Å². The SMILES string of the molecule is O=C(CCc1ccsc1)Nc1cc(Cl)ccc1-n1cncn1. The average molecular weight is 333 g/mol. The van der Waals surface area contributed by atoms with Crippen LogP contribution in [0.5, 0.6) is 0 Å². The molecule has 112 valence electrons. The third kappa shape index (κ3) is 3.52. The summed E-state index contributed by atoms with van der Waals surface area (Å²) in [5.74, 6) is -0.0603. The monoisotopic (exact) mass is 332 g/mol. The first-order valence-electron chi connectivity index (χ1n) is 6.68. The molecule has 0 fully saturated rings. The van der Waals surface area contributed by atoms with Gasteiger partial charge in [0, 0.05) is 11.4 Å². The molecule has 0 saturated carbocycles. The molecule has 3 aromatic rings. The van der Waals surface area contributed by atoms with Crippen molar-refractivity contribution in [3.8, 4) is 5.69 Å². The van der Waals surface area contributed by atoms with E-state index in [0.717, 1.165) is 5.69 Å². The van der Waals surface area contributed by atoms with Crippen molar-refractivity contribution >= 4 is 34.5 Å². The van der Waals surface area contributed by atoms with Gasteiger partial charge in [-0.1, -0.05) is 11.6 Å². The first kappa shape index (κ1) is 14.7. The Labute approximate surface area is 136 Å². The molecule has 0 bridgehead atoms. The number of thiophene rings is 1. The predicted octanol–water partition coefficient (Wildman–Crippen LogP) is 3.55. The van der Waals surface area contributed by atoms with Crippen molar-refractivity contribution < 1.29 is 4.79 Å². The minimum atomic E-state index is -0.0603. The van der Waals surface area contributed by atoms with Gasteiger partial charge in [-0.25, -0.2) is 9.67 Å². The summed E-state index contributed by atoms with van der Waals surface area (Å²) < 4.78 is 1.59. The second kappa shape index (κ2) is 6.72. The third-order valence-electron chi connectivity index (χ3n) is 3.12. The van der Waals surface area contributed by atoms with Crippen LogP contribution in [0.1, 0.15) is 12.0 Å². The maximum absolute atomic E-state index is 12.1. The van der Waals surface area contributed by atoms with Gasteiger partial charge in [0.05, 0.1) is 11.4 Å². The van der Waals surface area contributed by atoms with Crippen LogP contribution in [0.2, 0.25) is 5.02 Å². The first-order valence-corrected chi connectivity index (χ1v) is 8.00. The molecule has 3 rings (SSSR count). The number of carbonyl (C=O) groups is 1. The van der Waals surface area contributed by atoms with E-state index in [1.165, 1.54) is 11.9 Å². The van der Waals surface area contributed by atoms with Crippen LogP contribution in [-0.4, -0.2) is 20.7 Å². The number of aryl methyl sites for hydroxylation is 1. The van der Waals surface area contributed by atoms with E-state index in [1.54, 1.807) is 40.5 Å². The fraction of sp³-hybridized carbons (Fsp3) is 0.133. The van der Waals surface area contributed by atoms with E-state index in [2.05, 4.69) is 15.4 Å². The molecule has 22 heavy (non-hydrogen) atoms. The largest absolute Gasteiger partial charge is 0.324 e. The number of rotatable bonds is 5. The second-order valence-corrected chi connectivity index (χ2v) is 5.90. The van der Waals surface area contributed by atoms with E-state index >= 15 is 0 Å². The minimum Gasteiger partial charge on any atom is -0.324 e. The summed E-state index contributed by atoms with van der Waals surface area (Å²) in [5.41, 5.74) is 2.52. The van der Waals surface area contributed by atoms with Gasteiger partial charge in [-0.3, -0.25) is 4.79 Å². The Bertz CT molecular complexity index is 756. The number of anilines is 1. The molecule has 0 atom stereocenters. The normalized spacial score (nSPS) is 10.6. The molecule has 0 spiro atoms. The molecule has 1 aromatic carbocycles. The Balaban J connectivity index is 1.73. The Morgan fingerprint density at radius 1 is 1.36 bits per heavy atom. The van der Waals surface area contributed by atoms with Crippen molar-refractivity contribution in [3.05, 3.63) is 58.3 Å². The topological polar surface area (TPSA) is 59.8 Å². The lowest BCUT2D eigenvalue weighted by Crippen LogP contribution is -2.14. The molecule has 0 unspecified atom stereocenters. The number of benzene rings is 1. The average Bonchev–Trinajstić information content (AvgIpc) is 3.19. The summed E-state index contributed by atoms with van der Waals surface area (Å²) in [4.78, 5) is 16.1. The molecule has 5 nitrogen and oxygen atoms in total. The van der Waals surface area contributed by atoms with Crippen LogP contribution in [-0.2, 0) is 11.2 Å². The zero-order valence-corrected chi connectivity index (χ0v) is 13.1. The summed E-state index contributed by atoms with van der Waals surface area (Å²) in [6.07, 6.45) is 4.15. The Hall–Kier alpha value is -2.18. The lowest BCUT2D eigenvalue weighted by molar-refractivity contribution is -0.116. The molecule has 0 saturated heterocycles. The van der Waals surface area contributed by atoms with E-state index in [4.69, 9.17) is 11.6 Å². The van der Waals surface area contributed by atoms with Crippen molar-refractivity contribution in [1.82, 2.24) is 14.8 Å². The minimum absolute atomic E-state index is 0.0603. The van der Waals surface area contributed by atoms with Gasteiger partial charge >= 0.3 is 0 Å². The van der Waals surface area contributed by atoms with E-state index < -0.39 is 0 Å². The molecule has 2 heterocycles. The smallest absolute Gasteiger partial charge is 0.224 e. The number of amides is 1. The number of nitrogens with zero attached hydrogens (tertiary/aromatic N) is 3. The molecule has 0 aliphatic rings. The van der Waals surface area contributed by atoms with Gasteiger partial charge in [-0.15, -0.1) is 0 Å². The van der Waals surface area contributed by atoms with Crippen LogP contribution in [0.15, 0.2) is 47.7 Å². The standard InChI is InChI=1S/C15H13ClN4OS/c16-12-2-3-14(20-10-17-9-18-20)13(7-12)19-15(21)4-1-11-5-6-22-8-11/h2-3,5-10H,1,4H2,(H,19,21). The Morgan fingerprint density at radius 2 is 2.27 bits per heavy atom. The Kier molecular flexibility index (Phi) is 4.50. The van der Waals surface area contributed by atoms with Gasteiger partial charge in [-0.05, 0) is 47.0 Å². The third-order valence-corrected chi connectivity index (χ3v) is 4.09. The number of aromatic nitrogens is 3. The number of hydrogen-bond acceptors (Lipinski definition) is 4. The van der Waals surface area contributed by atoms with Crippen LogP contribution in [0.4, 0.5) is 5.69 Å². The van der Waals surface area contributed by atoms with Gasteiger partial charge < -0.3 is 5.32 Å². The van der Waals surface area contributed by atoms with Gasteiger partial charge in [-0.2, -0.15) is 16.4 Å². The fourth-order valence-electron chi connectivity index (χ4n) is 2.05. The molecule has 7 heteroatoms. The van der Waals surface area contributed by atoms with E-state index in [1.807, 2.05) is 16.8 Å². The number of hydrogen-bond donors (Lipinski definition) is 1. The fourth-order valence-corrected chi connectivity index (χ4v) is 2.92. The highest BCUT2D eigenvalue weighted by atomic mass is 35.5. The van der Waals surface area contributed by atoms with Crippen LogP contribution in [0.25, 0.3) is 5.69 Å². The molecule has 1 amide bonds. The van der Waals surface area contributed by atoms with Gasteiger partial charge in [0.2, 0.25) is 5.91 Å². The second-order valence-electron chi connectivity index (χ2n) is 4.68. The zero-order valence-electron chi connectivity index (χ0n) is 11.6. The highest BCUT2D eigenvalue weighted by Crippen LogP contribution is 2.24. The molecule has 2 aromatic heterocycles. The van der Waals surface area contributed by atoms with E-state index in [-0.39, 0.29) is 5.91 Å². The summed E-state index contributed by atoms with van der Waals surface area (Å²) in [6, 6.07) is 7.28. The quantitative estimate of drug-likeness (QED) is 0.777. The summed E-state index contributed by atoms with van der Waals surface area (Å²) in [5, 5.41) is 11.6. The highest BCUT2D eigenvalue weighted by molar-refractivity contribution is 7.07. The van der Waals surface area contributed by atoms with Crippen molar-refractivity contribution in [2.45, 2.75) is 12.8 Å². The van der Waals surface area contributed by atoms with Gasteiger partial charge in [0.15, 0.2) is 0 Å². The highest BCUT2D eigenvalue weighted by Gasteiger charge is 2.10. The molecule has 0 aliphatic heterocycles. The van der Waals surface area contributed by atoms with Crippen molar-refractivity contribution in [3.63, 3.8) is 0 Å². The Morgan fingerprint density at radius 3 is 3.00 bits per heavy atom. The molecule has 0 aliphatic carbocycles. The summed E-state index contributed by atoms with van der Waals surface area (Å²) >= 11 is 7.65. The molecule has 0 radical (unpaired) electrons. The van der Waals surface area contributed by atoms with E-state index in [9.17, 15) is 4.79 Å². The lowest BCUT2D eigenvalue weighted by atomic mass is 10.2. The maximum Gasteiger partial charge on any atom is 0.224 e. The zero-order chi connectivity index (χ0) is 15.4. The predicted molar refractivity (Wildman–Crippen MR) is 87.6 cm³/mol. The van der Waals surface area contributed by atoms with Gasteiger partial charge in [0.1, 0.15) is 12.7 Å². The maximum atomic E-state index is 12.1. The van der Waals surface area contributed by atoms with Crippen LogP contribution in [0.3, 0.4) is 0 Å². The number of carbonyl (C=O) groups excluding carboxylic acids is 1. The number of halogens is 1. The first-order chi connectivity index (χ1) is 10.7. The van der Waals surface area contributed by atoms with Crippen LogP contribution < -0.4 is 5.32 Å². The van der Waals surface area contributed by atoms with Crippen molar-refractivity contribution in [2.24, 2.45) is 0 Å². The van der Waals surface area contributed by atoms with E-state index in [0.29, 0.717) is 23.6 Å². The molecular formula is C15H13ClN4OS. The summed E-state index contributed by atoms with van der Waals surface area (Å²) in [7, 11) is 0. The van der Waals surface area contributed by atoms with Crippen LogP contribution >= 0.6 is 22.9 Å². The lowest BCUT2D eigenvalue weighted by Gasteiger charge is -2.11. The molecular weight excluding hydrogens is 320 g/mol. The van der Waals surface area contributed by atoms with Crippen molar-refractivity contribution in [2.75, 3.05) is 5.32 Å². The summed E-state index contributed by atoms with van der Waals surface area (Å²) in [6.45, 7) is 0.